The number of nitrogens with one attached hydrogen (secondary N) is 2. The molecule has 2 aromatic heterocycles. The highest BCUT2D eigenvalue weighted by Crippen LogP contribution is 2.29. The van der Waals surface area contributed by atoms with Crippen LogP contribution in [0.3, 0.4) is 0 Å². The van der Waals surface area contributed by atoms with E-state index in [1.807, 2.05) is 6.07 Å². The fourth-order valence-corrected chi connectivity index (χ4v) is 3.92. The van der Waals surface area contributed by atoms with Crippen molar-refractivity contribution in [2.45, 2.75) is 24.3 Å². The first-order valence-corrected chi connectivity index (χ1v) is 10.2. The first-order valence-electron chi connectivity index (χ1n) is 9.04. The van der Waals surface area contributed by atoms with Gasteiger partial charge in [0.1, 0.15) is 17.9 Å². The van der Waals surface area contributed by atoms with Crippen LogP contribution in [0.2, 0.25) is 0 Å². The first kappa shape index (κ1) is 19.7. The lowest BCUT2D eigenvalue weighted by Gasteiger charge is -2.18. The van der Waals surface area contributed by atoms with Gasteiger partial charge in [-0.3, -0.25) is 4.79 Å². The van der Waals surface area contributed by atoms with E-state index in [9.17, 15) is 14.7 Å². The van der Waals surface area contributed by atoms with Crippen LogP contribution < -0.4 is 15.7 Å². The topological polar surface area (TPSA) is 139 Å². The minimum Gasteiger partial charge on any atom is -0.549 e. The molecule has 2 N–H and O–H groups in total. The van der Waals surface area contributed by atoms with Gasteiger partial charge in [-0.1, -0.05) is 0 Å². The van der Waals surface area contributed by atoms with Crippen LogP contribution in [-0.4, -0.2) is 70.9 Å². The zero-order valence-electron chi connectivity index (χ0n) is 15.3. The Balaban J connectivity index is 1.32. The molecule has 4 rings (SSSR count). The van der Waals surface area contributed by atoms with Crippen molar-refractivity contribution < 1.29 is 28.6 Å². The Kier molecular flexibility index (Phi) is 5.97. The Morgan fingerprint density at radius 2 is 1.97 bits per heavy atom. The zero-order chi connectivity index (χ0) is 20.2. The van der Waals surface area contributed by atoms with Crippen LogP contribution in [-0.2, 0) is 19.1 Å². The number of ether oxygens (including phenoxy) is 2. The standard InChI is InChI=1S/C18H20N4O6S/c23-14(8-29-9-15(24)25)20-11-6-27-17-12(7-28-16(11)17)22-18-19-4-3-10(21-18)13-2-1-5-26-13/h1-5,11-12,16-17H,6-9H2,(H,20,23)(H,24,25)(H,19,21,22)/p-1/t11-,12-,16+,17+/m0/s1. The van der Waals surface area contributed by atoms with Gasteiger partial charge in [0.2, 0.25) is 11.9 Å². The summed E-state index contributed by atoms with van der Waals surface area (Å²) in [6.07, 6.45) is 2.67. The Hall–Kier alpha value is -2.63. The Bertz CT molecular complexity index is 864. The SMILES string of the molecule is O=C([O-])CSCC(=O)N[C@H]1CO[C@H]2[C@@H]1OC[C@@H]2Nc1nccc(-c2ccco2)n1. The number of carboxylic acids is 1. The molecule has 4 atom stereocenters. The average molecular weight is 419 g/mol. The lowest BCUT2D eigenvalue weighted by atomic mass is 10.1. The molecule has 0 spiro atoms. The molecule has 4 heterocycles. The number of hydrogen-bond donors (Lipinski definition) is 2. The number of rotatable bonds is 8. The second-order valence-electron chi connectivity index (χ2n) is 6.63. The molecule has 10 nitrogen and oxygen atoms in total. The predicted molar refractivity (Wildman–Crippen MR) is 101 cm³/mol. The fraction of sp³-hybridized carbons (Fsp3) is 0.444. The number of aliphatic carboxylic acids is 1. The van der Waals surface area contributed by atoms with Crippen molar-refractivity contribution in [2.24, 2.45) is 0 Å². The van der Waals surface area contributed by atoms with Crippen LogP contribution in [0.25, 0.3) is 11.5 Å². The van der Waals surface area contributed by atoms with Crippen molar-refractivity contribution in [3.63, 3.8) is 0 Å². The molecule has 154 valence electrons. The van der Waals surface area contributed by atoms with Gasteiger partial charge in [-0.25, -0.2) is 9.97 Å². The summed E-state index contributed by atoms with van der Waals surface area (Å²) in [5, 5.41) is 16.5. The van der Waals surface area contributed by atoms with E-state index in [1.54, 1.807) is 24.6 Å². The normalized spacial score (nSPS) is 25.5. The molecule has 0 radical (unpaired) electrons. The molecule has 0 aromatic carbocycles. The molecule has 2 saturated heterocycles. The number of amides is 1. The van der Waals surface area contributed by atoms with Crippen LogP contribution >= 0.6 is 11.8 Å². The summed E-state index contributed by atoms with van der Waals surface area (Å²) in [5.41, 5.74) is 0.662. The van der Waals surface area contributed by atoms with Crippen molar-refractivity contribution in [3.8, 4) is 11.5 Å². The quantitative estimate of drug-likeness (QED) is 0.564. The molecule has 0 aliphatic carbocycles. The molecule has 0 unspecified atom stereocenters. The van der Waals surface area contributed by atoms with Crippen molar-refractivity contribution >= 4 is 29.6 Å². The highest BCUT2D eigenvalue weighted by molar-refractivity contribution is 8.00. The summed E-state index contributed by atoms with van der Waals surface area (Å²) in [6.45, 7) is 0.702. The van der Waals surface area contributed by atoms with Gasteiger partial charge in [0.25, 0.3) is 0 Å². The van der Waals surface area contributed by atoms with Crippen LogP contribution in [0.4, 0.5) is 5.95 Å². The molecule has 2 fully saturated rings. The van der Waals surface area contributed by atoms with E-state index in [2.05, 4.69) is 20.6 Å². The molecule has 1 amide bonds. The van der Waals surface area contributed by atoms with Crippen molar-refractivity contribution in [2.75, 3.05) is 30.0 Å². The highest BCUT2D eigenvalue weighted by Gasteiger charge is 2.48. The third-order valence-electron chi connectivity index (χ3n) is 4.60. The van der Waals surface area contributed by atoms with E-state index in [4.69, 9.17) is 13.9 Å². The summed E-state index contributed by atoms with van der Waals surface area (Å²) < 4.78 is 17.0. The van der Waals surface area contributed by atoms with Crippen LogP contribution in [0.5, 0.6) is 0 Å². The highest BCUT2D eigenvalue weighted by atomic mass is 32.2. The number of fused-ring (bicyclic) bond motifs is 1. The summed E-state index contributed by atoms with van der Waals surface area (Å²) in [7, 11) is 0. The van der Waals surface area contributed by atoms with E-state index in [-0.39, 0.29) is 41.7 Å². The minimum absolute atomic E-state index is 0.0386. The van der Waals surface area contributed by atoms with Gasteiger partial charge >= 0.3 is 0 Å². The van der Waals surface area contributed by atoms with Crippen molar-refractivity contribution in [1.29, 1.82) is 0 Å². The van der Waals surface area contributed by atoms with Crippen molar-refractivity contribution in [1.82, 2.24) is 15.3 Å². The maximum atomic E-state index is 12.0. The number of carbonyl (C=O) groups excluding carboxylic acids is 2. The number of anilines is 1. The second kappa shape index (κ2) is 8.80. The van der Waals surface area contributed by atoms with E-state index < -0.39 is 5.97 Å². The van der Waals surface area contributed by atoms with Gasteiger partial charge in [-0.15, -0.1) is 11.8 Å². The van der Waals surface area contributed by atoms with Crippen LogP contribution in [0, 0.1) is 0 Å². The minimum atomic E-state index is -1.20. The number of carbonyl (C=O) groups is 2. The molecule has 2 aromatic rings. The third-order valence-corrected chi connectivity index (χ3v) is 5.50. The molecule has 0 saturated carbocycles. The monoisotopic (exact) mass is 419 g/mol. The molecule has 29 heavy (non-hydrogen) atoms. The van der Waals surface area contributed by atoms with Crippen LogP contribution in [0.15, 0.2) is 35.1 Å². The van der Waals surface area contributed by atoms with E-state index in [0.717, 1.165) is 11.8 Å². The second-order valence-corrected chi connectivity index (χ2v) is 7.61. The Morgan fingerprint density at radius 1 is 1.17 bits per heavy atom. The molecule has 11 heteroatoms. The number of hydrogen-bond acceptors (Lipinski definition) is 10. The maximum absolute atomic E-state index is 12.0. The summed E-state index contributed by atoms with van der Waals surface area (Å²) in [6, 6.07) is 4.91. The first-order chi connectivity index (χ1) is 14.1. The largest absolute Gasteiger partial charge is 0.549 e. The van der Waals surface area contributed by atoms with Gasteiger partial charge in [-0.05, 0) is 18.2 Å². The van der Waals surface area contributed by atoms with E-state index in [1.165, 1.54) is 0 Å². The molecular weight excluding hydrogens is 400 g/mol. The molecule has 0 bridgehead atoms. The summed E-state index contributed by atoms with van der Waals surface area (Å²) in [5.74, 6) is -0.564. The van der Waals surface area contributed by atoms with Crippen LogP contribution in [0.1, 0.15) is 0 Å². The number of thioether (sulfide) groups is 1. The zero-order valence-corrected chi connectivity index (χ0v) is 16.1. The predicted octanol–water partition coefficient (Wildman–Crippen LogP) is -0.717. The van der Waals surface area contributed by atoms with Gasteiger partial charge < -0.3 is 34.4 Å². The van der Waals surface area contributed by atoms with Gasteiger partial charge in [-0.2, -0.15) is 0 Å². The van der Waals surface area contributed by atoms with Gasteiger partial charge in [0.05, 0.1) is 43.3 Å². The molecule has 2 aliphatic heterocycles. The molecular formula is C18H19N4O6S-. The van der Waals surface area contributed by atoms with E-state index in [0.29, 0.717) is 30.6 Å². The third kappa shape index (κ3) is 4.69. The number of furan rings is 1. The number of aromatic nitrogens is 2. The molecule has 2 aliphatic rings. The number of nitrogens with zero attached hydrogens (tertiary/aromatic N) is 2. The lowest BCUT2D eigenvalue weighted by molar-refractivity contribution is -0.301. The fourth-order valence-electron chi connectivity index (χ4n) is 3.38. The maximum Gasteiger partial charge on any atom is 0.230 e. The Morgan fingerprint density at radius 3 is 2.72 bits per heavy atom. The smallest absolute Gasteiger partial charge is 0.230 e. The van der Waals surface area contributed by atoms with Crippen molar-refractivity contribution in [3.05, 3.63) is 30.7 Å². The average Bonchev–Trinajstić information content (AvgIpc) is 3.42. The lowest BCUT2D eigenvalue weighted by Crippen LogP contribution is -2.45. The Labute approximate surface area is 170 Å². The van der Waals surface area contributed by atoms with E-state index >= 15 is 0 Å². The van der Waals surface area contributed by atoms with Gasteiger partial charge in [0.15, 0.2) is 5.76 Å². The number of carboxylic acid groups (broad SMARTS) is 1. The summed E-state index contributed by atoms with van der Waals surface area (Å²) >= 11 is 0.988. The van der Waals surface area contributed by atoms with Gasteiger partial charge in [0, 0.05) is 11.9 Å². The summed E-state index contributed by atoms with van der Waals surface area (Å²) in [4.78, 5) is 31.1.